The number of hydrogen-bond acceptors (Lipinski definition) is 3. The molecule has 1 N–H and O–H groups in total. The van der Waals surface area contributed by atoms with E-state index in [4.69, 9.17) is 0 Å². The van der Waals surface area contributed by atoms with Gasteiger partial charge in [0.2, 0.25) is 0 Å². The number of piperidine rings is 1. The maximum absolute atomic E-state index is 4.31. The van der Waals surface area contributed by atoms with E-state index in [1.807, 2.05) is 23.1 Å². The van der Waals surface area contributed by atoms with Crippen LogP contribution in [-0.2, 0) is 13.1 Å². The van der Waals surface area contributed by atoms with Crippen LogP contribution in [0.4, 0.5) is 0 Å². The van der Waals surface area contributed by atoms with Crippen molar-refractivity contribution in [2.45, 2.75) is 63.6 Å². The van der Waals surface area contributed by atoms with Crippen molar-refractivity contribution in [1.29, 1.82) is 0 Å². The van der Waals surface area contributed by atoms with E-state index >= 15 is 0 Å². The number of nitrogens with one attached hydrogen (secondary N) is 1. The number of nitrogens with zero attached hydrogens (tertiary/aromatic N) is 3. The maximum atomic E-state index is 4.31. The zero-order valence-electron chi connectivity index (χ0n) is 15.9. The second-order valence-electron chi connectivity index (χ2n) is 8.11. The van der Waals surface area contributed by atoms with Crippen molar-refractivity contribution < 1.29 is 0 Å². The van der Waals surface area contributed by atoms with E-state index in [1.54, 1.807) is 0 Å². The van der Waals surface area contributed by atoms with Crippen LogP contribution in [0, 0.1) is 0 Å². The number of rotatable bonds is 7. The van der Waals surface area contributed by atoms with E-state index in [0.29, 0.717) is 5.54 Å². The second kappa shape index (κ2) is 8.36. The molecule has 4 rings (SSSR count). The Morgan fingerprint density at radius 2 is 1.77 bits per heavy atom. The molecule has 2 aromatic rings. The first-order chi connectivity index (χ1) is 12.8. The number of likely N-dealkylation sites (tertiary alicyclic amines) is 1. The quantitative estimate of drug-likeness (QED) is 0.822. The van der Waals surface area contributed by atoms with E-state index in [2.05, 4.69) is 39.6 Å². The summed E-state index contributed by atoms with van der Waals surface area (Å²) >= 11 is 0. The van der Waals surface area contributed by atoms with Crippen LogP contribution < -0.4 is 5.32 Å². The number of benzene rings is 1. The second-order valence-corrected chi connectivity index (χ2v) is 8.11. The van der Waals surface area contributed by atoms with E-state index in [1.165, 1.54) is 69.2 Å². The van der Waals surface area contributed by atoms with Crippen molar-refractivity contribution in [3.05, 3.63) is 53.9 Å². The molecule has 140 valence electrons. The first-order valence-corrected chi connectivity index (χ1v) is 10.4. The van der Waals surface area contributed by atoms with E-state index in [-0.39, 0.29) is 0 Å². The van der Waals surface area contributed by atoms with Crippen LogP contribution in [0.15, 0.2) is 42.7 Å². The van der Waals surface area contributed by atoms with Crippen LogP contribution >= 0.6 is 0 Å². The Labute approximate surface area is 157 Å². The predicted molar refractivity (Wildman–Crippen MR) is 106 cm³/mol. The van der Waals surface area contributed by atoms with Gasteiger partial charge >= 0.3 is 0 Å². The fourth-order valence-electron chi connectivity index (χ4n) is 4.86. The molecule has 4 heteroatoms. The molecule has 0 amide bonds. The summed E-state index contributed by atoms with van der Waals surface area (Å²) in [6.45, 7) is 5.56. The van der Waals surface area contributed by atoms with E-state index in [0.717, 1.165) is 19.6 Å². The summed E-state index contributed by atoms with van der Waals surface area (Å²) in [7, 11) is 0. The van der Waals surface area contributed by atoms with Gasteiger partial charge in [-0.2, -0.15) is 5.10 Å². The molecule has 26 heavy (non-hydrogen) atoms. The Balaban J connectivity index is 1.34. The van der Waals surface area contributed by atoms with Crippen LogP contribution in [0.5, 0.6) is 0 Å². The highest BCUT2D eigenvalue weighted by atomic mass is 15.3. The normalized spacial score (nSPS) is 20.5. The summed E-state index contributed by atoms with van der Waals surface area (Å²) in [6, 6.07) is 10.9. The van der Waals surface area contributed by atoms with Crippen molar-refractivity contribution in [1.82, 2.24) is 20.0 Å². The van der Waals surface area contributed by atoms with Gasteiger partial charge in [0, 0.05) is 31.0 Å². The third-order valence-electron chi connectivity index (χ3n) is 6.24. The van der Waals surface area contributed by atoms with Crippen LogP contribution in [0.2, 0.25) is 0 Å². The molecule has 1 aromatic heterocycles. The molecule has 1 saturated heterocycles. The Bertz CT molecular complexity index is 667. The van der Waals surface area contributed by atoms with Gasteiger partial charge in [0.25, 0.3) is 0 Å². The molecule has 0 bridgehead atoms. The highest BCUT2D eigenvalue weighted by molar-refractivity contribution is 5.23. The van der Waals surface area contributed by atoms with Crippen LogP contribution in [0.25, 0.3) is 0 Å². The Morgan fingerprint density at radius 3 is 2.54 bits per heavy atom. The van der Waals surface area contributed by atoms with Gasteiger partial charge in [-0.05, 0) is 56.0 Å². The third kappa shape index (κ3) is 4.18. The minimum atomic E-state index is 0.424. The van der Waals surface area contributed by atoms with E-state index in [9.17, 15) is 0 Å². The highest BCUT2D eigenvalue weighted by Gasteiger charge is 2.39. The van der Waals surface area contributed by atoms with Crippen molar-refractivity contribution in [3.8, 4) is 0 Å². The molecule has 0 atom stereocenters. The Kier molecular flexibility index (Phi) is 5.71. The van der Waals surface area contributed by atoms with Gasteiger partial charge in [0.05, 0.1) is 6.54 Å². The molecule has 1 aromatic carbocycles. The molecule has 0 spiro atoms. The van der Waals surface area contributed by atoms with Gasteiger partial charge in [0.1, 0.15) is 0 Å². The SMILES string of the molecule is c1cc(CNCC2(N3CCCCC3)CCCC2)cc(Cn2cccn2)c1. The number of aromatic nitrogens is 2. The number of hydrogen-bond donors (Lipinski definition) is 1. The lowest BCUT2D eigenvalue weighted by Crippen LogP contribution is -2.54. The van der Waals surface area contributed by atoms with Crippen LogP contribution in [0.1, 0.15) is 56.1 Å². The van der Waals surface area contributed by atoms with Gasteiger partial charge in [-0.1, -0.05) is 43.5 Å². The Morgan fingerprint density at radius 1 is 0.962 bits per heavy atom. The predicted octanol–water partition coefficient (Wildman–Crippen LogP) is 3.82. The highest BCUT2D eigenvalue weighted by Crippen LogP contribution is 2.36. The standard InChI is InChI=1S/C22H32N4/c1-4-13-25(14-5-1)22(10-2-3-11-22)19-23-17-20-8-6-9-21(16-20)18-26-15-7-12-24-26/h6-9,12,15-16,23H,1-5,10-11,13-14,17-19H2. The maximum Gasteiger partial charge on any atom is 0.0659 e. The lowest BCUT2D eigenvalue weighted by molar-refractivity contribution is 0.0696. The van der Waals surface area contributed by atoms with Gasteiger partial charge in [-0.3, -0.25) is 9.58 Å². The summed E-state index contributed by atoms with van der Waals surface area (Å²) in [6.07, 6.45) is 13.6. The molecule has 0 unspecified atom stereocenters. The fraction of sp³-hybridized carbons (Fsp3) is 0.591. The lowest BCUT2D eigenvalue weighted by Gasteiger charge is -2.44. The summed E-state index contributed by atoms with van der Waals surface area (Å²) in [5.41, 5.74) is 3.12. The molecule has 1 aliphatic heterocycles. The van der Waals surface area contributed by atoms with Gasteiger partial charge in [-0.25, -0.2) is 0 Å². The molecule has 2 heterocycles. The topological polar surface area (TPSA) is 33.1 Å². The fourth-order valence-corrected chi connectivity index (χ4v) is 4.86. The zero-order valence-corrected chi connectivity index (χ0v) is 15.9. The van der Waals surface area contributed by atoms with Crippen molar-refractivity contribution >= 4 is 0 Å². The molecule has 4 nitrogen and oxygen atoms in total. The molecular weight excluding hydrogens is 320 g/mol. The largest absolute Gasteiger partial charge is 0.311 e. The minimum Gasteiger partial charge on any atom is -0.311 e. The van der Waals surface area contributed by atoms with Crippen molar-refractivity contribution in [2.24, 2.45) is 0 Å². The Hall–Kier alpha value is -1.65. The monoisotopic (exact) mass is 352 g/mol. The molecule has 1 aliphatic carbocycles. The zero-order chi connectivity index (χ0) is 17.7. The average molecular weight is 353 g/mol. The molecule has 2 fully saturated rings. The third-order valence-corrected chi connectivity index (χ3v) is 6.24. The molecule has 1 saturated carbocycles. The smallest absolute Gasteiger partial charge is 0.0659 e. The van der Waals surface area contributed by atoms with Gasteiger partial charge in [0.15, 0.2) is 0 Å². The first kappa shape index (κ1) is 17.7. The van der Waals surface area contributed by atoms with Crippen molar-refractivity contribution in [3.63, 3.8) is 0 Å². The lowest BCUT2D eigenvalue weighted by atomic mass is 9.92. The molecular formula is C22H32N4. The molecule has 2 aliphatic rings. The van der Waals surface area contributed by atoms with E-state index < -0.39 is 0 Å². The summed E-state index contributed by atoms with van der Waals surface area (Å²) in [4.78, 5) is 2.81. The minimum absolute atomic E-state index is 0.424. The van der Waals surface area contributed by atoms with Crippen molar-refractivity contribution in [2.75, 3.05) is 19.6 Å². The van der Waals surface area contributed by atoms with Crippen LogP contribution in [0.3, 0.4) is 0 Å². The average Bonchev–Trinajstić information content (AvgIpc) is 3.36. The van der Waals surface area contributed by atoms with Gasteiger partial charge < -0.3 is 5.32 Å². The van der Waals surface area contributed by atoms with Gasteiger partial charge in [-0.15, -0.1) is 0 Å². The summed E-state index contributed by atoms with van der Waals surface area (Å²) in [5.74, 6) is 0. The summed E-state index contributed by atoms with van der Waals surface area (Å²) < 4.78 is 1.98. The first-order valence-electron chi connectivity index (χ1n) is 10.4. The summed E-state index contributed by atoms with van der Waals surface area (Å²) in [5, 5.41) is 8.12. The van der Waals surface area contributed by atoms with Crippen LogP contribution in [-0.4, -0.2) is 39.9 Å². The molecule has 0 radical (unpaired) electrons.